The summed E-state index contributed by atoms with van der Waals surface area (Å²) in [5.41, 5.74) is 9.55. The Kier molecular flexibility index (Phi) is 7.27. The van der Waals surface area contributed by atoms with Gasteiger partial charge in [-0.1, -0.05) is 11.6 Å². The standard InChI is InChI=1S/C24H27ClFN5O2/c1-14-12-29-23(30-19-2-4-33-5-3-19)10-20(14)16-8-21(28-13-16)24(32)31-22(11-27)15-6-17(25)9-18(26)7-15/h6-10,12-13,19,22,28H,2-5,11,27H2,1H3,(H,29,30)(H,31,32). The van der Waals surface area contributed by atoms with E-state index in [0.29, 0.717) is 17.3 Å². The lowest BCUT2D eigenvalue weighted by Gasteiger charge is -2.24. The van der Waals surface area contributed by atoms with Gasteiger partial charge in [0.2, 0.25) is 0 Å². The molecule has 1 unspecified atom stereocenters. The molecular weight excluding hydrogens is 445 g/mol. The number of carbonyl (C=O) groups excluding carboxylic acids is 1. The van der Waals surface area contributed by atoms with Crippen LogP contribution < -0.4 is 16.4 Å². The van der Waals surface area contributed by atoms with E-state index in [1.165, 1.54) is 12.1 Å². The van der Waals surface area contributed by atoms with Crippen LogP contribution in [0.15, 0.2) is 42.7 Å². The third-order valence-electron chi connectivity index (χ3n) is 5.74. The maximum Gasteiger partial charge on any atom is 0.268 e. The van der Waals surface area contributed by atoms with Crippen LogP contribution in [0.1, 0.15) is 40.5 Å². The van der Waals surface area contributed by atoms with Crippen LogP contribution >= 0.6 is 11.6 Å². The molecule has 3 aromatic rings. The maximum atomic E-state index is 13.7. The van der Waals surface area contributed by atoms with E-state index >= 15 is 0 Å². The topological polar surface area (TPSA) is 105 Å². The van der Waals surface area contributed by atoms with Gasteiger partial charge in [-0.2, -0.15) is 0 Å². The molecule has 1 aliphatic rings. The number of nitrogens with two attached hydrogens (primary N) is 1. The Morgan fingerprint density at radius 3 is 2.82 bits per heavy atom. The van der Waals surface area contributed by atoms with Gasteiger partial charge in [-0.3, -0.25) is 4.79 Å². The maximum absolute atomic E-state index is 13.7. The number of H-pyrrole nitrogens is 1. The van der Waals surface area contributed by atoms with Crippen LogP contribution in [0.5, 0.6) is 0 Å². The molecule has 1 amide bonds. The number of hydrogen-bond donors (Lipinski definition) is 4. The molecule has 33 heavy (non-hydrogen) atoms. The van der Waals surface area contributed by atoms with Gasteiger partial charge >= 0.3 is 0 Å². The molecule has 0 aliphatic carbocycles. The average molecular weight is 472 g/mol. The van der Waals surface area contributed by atoms with Crippen LogP contribution in [0.25, 0.3) is 11.1 Å². The van der Waals surface area contributed by atoms with Crippen molar-refractivity contribution in [3.05, 3.63) is 70.4 Å². The third kappa shape index (κ3) is 5.71. The Morgan fingerprint density at radius 1 is 1.30 bits per heavy atom. The number of aromatic nitrogens is 2. The summed E-state index contributed by atoms with van der Waals surface area (Å²) >= 11 is 5.95. The molecule has 0 radical (unpaired) electrons. The van der Waals surface area contributed by atoms with Crippen molar-refractivity contribution in [3.8, 4) is 11.1 Å². The molecule has 1 fully saturated rings. The van der Waals surface area contributed by atoms with Crippen molar-refractivity contribution in [2.75, 3.05) is 25.1 Å². The highest BCUT2D eigenvalue weighted by molar-refractivity contribution is 6.30. The first kappa shape index (κ1) is 23.2. The fourth-order valence-corrected chi connectivity index (χ4v) is 4.17. The van der Waals surface area contributed by atoms with Crippen LogP contribution in [0.2, 0.25) is 5.02 Å². The van der Waals surface area contributed by atoms with Crippen molar-refractivity contribution in [1.82, 2.24) is 15.3 Å². The number of halogens is 2. The van der Waals surface area contributed by atoms with Gasteiger partial charge in [0.25, 0.3) is 5.91 Å². The second-order valence-electron chi connectivity index (χ2n) is 8.18. The lowest BCUT2D eigenvalue weighted by molar-refractivity contribution is 0.0903. The van der Waals surface area contributed by atoms with Crippen LogP contribution in [0.3, 0.4) is 0 Å². The highest BCUT2D eigenvalue weighted by Gasteiger charge is 2.19. The molecule has 0 spiro atoms. The number of rotatable bonds is 7. The number of amides is 1. The van der Waals surface area contributed by atoms with Gasteiger partial charge in [-0.05, 0) is 66.8 Å². The summed E-state index contributed by atoms with van der Waals surface area (Å²) in [4.78, 5) is 20.4. The zero-order chi connectivity index (χ0) is 23.4. The quantitative estimate of drug-likeness (QED) is 0.413. The van der Waals surface area contributed by atoms with Crippen LogP contribution in [-0.4, -0.2) is 41.7 Å². The fraction of sp³-hybridized carbons (Fsp3) is 0.333. The van der Waals surface area contributed by atoms with Crippen molar-refractivity contribution in [2.45, 2.75) is 31.8 Å². The predicted octanol–water partition coefficient (Wildman–Crippen LogP) is 4.20. The molecule has 7 nitrogen and oxygen atoms in total. The molecule has 4 rings (SSSR count). The molecule has 1 aliphatic heterocycles. The lowest BCUT2D eigenvalue weighted by atomic mass is 10.0. The molecule has 0 bridgehead atoms. The van der Waals surface area contributed by atoms with Gasteiger partial charge in [0.15, 0.2) is 0 Å². The summed E-state index contributed by atoms with van der Waals surface area (Å²) in [5, 5.41) is 6.56. The van der Waals surface area contributed by atoms with Crippen LogP contribution in [0.4, 0.5) is 10.2 Å². The summed E-state index contributed by atoms with van der Waals surface area (Å²) in [6.07, 6.45) is 5.49. The number of hydrogen-bond acceptors (Lipinski definition) is 5. The Labute approximate surface area is 196 Å². The molecule has 9 heteroatoms. The van der Waals surface area contributed by atoms with E-state index in [1.54, 1.807) is 18.3 Å². The number of benzene rings is 1. The zero-order valence-corrected chi connectivity index (χ0v) is 19.1. The number of nitrogens with one attached hydrogen (secondary N) is 3. The summed E-state index contributed by atoms with van der Waals surface area (Å²) < 4.78 is 19.1. The van der Waals surface area contributed by atoms with Gasteiger partial charge in [0.05, 0.1) is 6.04 Å². The highest BCUT2D eigenvalue weighted by Crippen LogP contribution is 2.27. The first-order valence-corrected chi connectivity index (χ1v) is 11.3. The second kappa shape index (κ2) is 10.3. The molecule has 1 atom stereocenters. The van der Waals surface area contributed by atoms with Gasteiger partial charge < -0.3 is 26.1 Å². The van der Waals surface area contributed by atoms with Crippen LogP contribution in [0, 0.1) is 12.7 Å². The first-order chi connectivity index (χ1) is 15.9. The minimum absolute atomic E-state index is 0.101. The molecule has 0 saturated carbocycles. The Morgan fingerprint density at radius 2 is 2.09 bits per heavy atom. The predicted molar refractivity (Wildman–Crippen MR) is 127 cm³/mol. The summed E-state index contributed by atoms with van der Waals surface area (Å²) in [6.45, 7) is 3.58. The molecule has 1 aromatic carbocycles. The number of carbonyl (C=O) groups is 1. The number of pyridine rings is 1. The number of anilines is 1. The Hall–Kier alpha value is -2.94. The highest BCUT2D eigenvalue weighted by atomic mass is 35.5. The first-order valence-electron chi connectivity index (χ1n) is 10.9. The molecule has 5 N–H and O–H groups in total. The zero-order valence-electron chi connectivity index (χ0n) is 18.3. The third-order valence-corrected chi connectivity index (χ3v) is 5.96. The van der Waals surface area contributed by atoms with Crippen molar-refractivity contribution < 1.29 is 13.9 Å². The Bertz CT molecular complexity index is 1110. The largest absolute Gasteiger partial charge is 0.381 e. The second-order valence-corrected chi connectivity index (χ2v) is 8.62. The fourth-order valence-electron chi connectivity index (χ4n) is 3.94. The molecule has 1 saturated heterocycles. The van der Waals surface area contributed by atoms with E-state index in [9.17, 15) is 9.18 Å². The number of nitrogens with zero attached hydrogens (tertiary/aromatic N) is 1. The van der Waals surface area contributed by atoms with E-state index in [1.807, 2.05) is 19.2 Å². The monoisotopic (exact) mass is 471 g/mol. The number of ether oxygens (including phenoxy) is 1. The number of aromatic amines is 1. The van der Waals surface area contributed by atoms with Crippen molar-refractivity contribution in [1.29, 1.82) is 0 Å². The van der Waals surface area contributed by atoms with Crippen molar-refractivity contribution in [2.24, 2.45) is 5.73 Å². The average Bonchev–Trinajstić information content (AvgIpc) is 3.29. The Balaban J connectivity index is 1.49. The van der Waals surface area contributed by atoms with Gasteiger partial charge in [-0.15, -0.1) is 0 Å². The van der Waals surface area contributed by atoms with Gasteiger partial charge in [-0.25, -0.2) is 9.37 Å². The summed E-state index contributed by atoms with van der Waals surface area (Å²) in [5.74, 6) is -0.0316. The molecule has 174 valence electrons. The van der Waals surface area contributed by atoms with Gasteiger partial charge in [0, 0.05) is 48.8 Å². The summed E-state index contributed by atoms with van der Waals surface area (Å²) in [6, 6.07) is 7.65. The van der Waals surface area contributed by atoms with Crippen molar-refractivity contribution >= 4 is 23.3 Å². The number of aryl methyl sites for hydroxylation is 1. The van der Waals surface area contributed by atoms with E-state index < -0.39 is 11.9 Å². The van der Waals surface area contributed by atoms with Crippen LogP contribution in [-0.2, 0) is 4.74 Å². The molecular formula is C24H27ClFN5O2. The smallest absolute Gasteiger partial charge is 0.268 e. The lowest BCUT2D eigenvalue weighted by Crippen LogP contribution is -2.33. The molecule has 2 aromatic heterocycles. The SMILES string of the molecule is Cc1cnc(NC2CCOCC2)cc1-c1c[nH]c(C(=O)NC(CN)c2cc(F)cc(Cl)c2)c1. The normalized spacial score (nSPS) is 15.3. The minimum Gasteiger partial charge on any atom is -0.381 e. The van der Waals surface area contributed by atoms with Gasteiger partial charge in [0.1, 0.15) is 17.3 Å². The van der Waals surface area contributed by atoms with E-state index in [2.05, 4.69) is 20.6 Å². The van der Waals surface area contributed by atoms with E-state index in [4.69, 9.17) is 22.1 Å². The van der Waals surface area contributed by atoms with E-state index in [0.717, 1.165) is 48.6 Å². The van der Waals surface area contributed by atoms with Crippen molar-refractivity contribution in [3.63, 3.8) is 0 Å². The summed E-state index contributed by atoms with van der Waals surface area (Å²) in [7, 11) is 0. The minimum atomic E-state index is -0.574. The van der Waals surface area contributed by atoms with E-state index in [-0.39, 0.29) is 17.5 Å². The molecule has 3 heterocycles.